The predicted octanol–water partition coefficient (Wildman–Crippen LogP) is 0.422. The molecule has 0 fully saturated rings. The number of nitrogens with one attached hydrogen (secondary N) is 2. The van der Waals surface area contributed by atoms with Gasteiger partial charge in [-0.1, -0.05) is 0 Å². The van der Waals surface area contributed by atoms with Gasteiger partial charge in [0.1, 0.15) is 0 Å². The Labute approximate surface area is 101 Å². The Morgan fingerprint density at radius 3 is 2.06 bits per heavy atom. The SMILES string of the molecule is CC(C)(CCCNCCCN)NCCCN. The lowest BCUT2D eigenvalue weighted by atomic mass is 9.98. The van der Waals surface area contributed by atoms with Crippen molar-refractivity contribution in [1.82, 2.24) is 10.6 Å². The van der Waals surface area contributed by atoms with Crippen LogP contribution in [0.3, 0.4) is 0 Å². The number of hydrogen-bond donors (Lipinski definition) is 4. The quantitative estimate of drug-likeness (QED) is 0.388. The van der Waals surface area contributed by atoms with E-state index in [0.29, 0.717) is 0 Å². The average molecular weight is 230 g/mol. The van der Waals surface area contributed by atoms with Crippen LogP contribution in [0.4, 0.5) is 0 Å². The van der Waals surface area contributed by atoms with Gasteiger partial charge in [-0.05, 0) is 72.3 Å². The Balaban J connectivity index is 3.35. The van der Waals surface area contributed by atoms with Gasteiger partial charge in [0, 0.05) is 5.54 Å². The van der Waals surface area contributed by atoms with E-state index in [1.165, 1.54) is 12.8 Å². The van der Waals surface area contributed by atoms with E-state index in [4.69, 9.17) is 11.5 Å². The number of hydrogen-bond acceptors (Lipinski definition) is 4. The Kier molecular flexibility index (Phi) is 9.92. The molecular weight excluding hydrogens is 200 g/mol. The van der Waals surface area contributed by atoms with Gasteiger partial charge in [0.05, 0.1) is 0 Å². The van der Waals surface area contributed by atoms with E-state index in [9.17, 15) is 0 Å². The average Bonchev–Trinajstić information content (AvgIpc) is 2.23. The van der Waals surface area contributed by atoms with Gasteiger partial charge in [0.15, 0.2) is 0 Å². The van der Waals surface area contributed by atoms with Gasteiger partial charge >= 0.3 is 0 Å². The van der Waals surface area contributed by atoms with Gasteiger partial charge in [-0.25, -0.2) is 0 Å². The molecule has 0 spiro atoms. The van der Waals surface area contributed by atoms with Crippen LogP contribution in [0.25, 0.3) is 0 Å². The third-order valence-electron chi connectivity index (χ3n) is 2.70. The van der Waals surface area contributed by atoms with Crippen LogP contribution >= 0.6 is 0 Å². The molecule has 0 aromatic carbocycles. The summed E-state index contributed by atoms with van der Waals surface area (Å²) in [7, 11) is 0. The van der Waals surface area contributed by atoms with Crippen LogP contribution in [0.5, 0.6) is 0 Å². The van der Waals surface area contributed by atoms with Gasteiger partial charge in [0.25, 0.3) is 0 Å². The molecule has 4 nitrogen and oxygen atoms in total. The van der Waals surface area contributed by atoms with Gasteiger partial charge in [-0.15, -0.1) is 0 Å². The molecule has 0 aliphatic rings. The molecule has 0 saturated carbocycles. The lowest BCUT2D eigenvalue weighted by Gasteiger charge is -2.26. The second-order valence-corrected chi connectivity index (χ2v) is 4.95. The minimum absolute atomic E-state index is 0.227. The van der Waals surface area contributed by atoms with E-state index >= 15 is 0 Å². The second-order valence-electron chi connectivity index (χ2n) is 4.95. The third-order valence-corrected chi connectivity index (χ3v) is 2.70. The smallest absolute Gasteiger partial charge is 0.0125 e. The van der Waals surface area contributed by atoms with E-state index in [1.807, 2.05) is 0 Å². The zero-order valence-corrected chi connectivity index (χ0v) is 11.0. The Morgan fingerprint density at radius 1 is 0.875 bits per heavy atom. The summed E-state index contributed by atoms with van der Waals surface area (Å²) in [5, 5.41) is 6.93. The van der Waals surface area contributed by atoms with Crippen molar-refractivity contribution in [3.05, 3.63) is 0 Å². The van der Waals surface area contributed by atoms with E-state index in [1.54, 1.807) is 0 Å². The van der Waals surface area contributed by atoms with Gasteiger partial charge in [0.2, 0.25) is 0 Å². The summed E-state index contributed by atoms with van der Waals surface area (Å²) in [6.45, 7) is 9.19. The second kappa shape index (κ2) is 10.0. The van der Waals surface area contributed by atoms with E-state index in [2.05, 4.69) is 24.5 Å². The molecule has 0 amide bonds. The molecule has 0 unspecified atom stereocenters. The van der Waals surface area contributed by atoms with E-state index in [-0.39, 0.29) is 5.54 Å². The molecule has 16 heavy (non-hydrogen) atoms. The summed E-state index contributed by atoms with van der Waals surface area (Å²) in [6.07, 6.45) is 4.51. The first-order valence-electron chi connectivity index (χ1n) is 6.48. The highest BCUT2D eigenvalue weighted by Gasteiger charge is 2.15. The first-order valence-corrected chi connectivity index (χ1v) is 6.48. The fourth-order valence-corrected chi connectivity index (χ4v) is 1.62. The largest absolute Gasteiger partial charge is 0.330 e. The van der Waals surface area contributed by atoms with Crippen molar-refractivity contribution in [3.8, 4) is 0 Å². The van der Waals surface area contributed by atoms with E-state index in [0.717, 1.165) is 45.6 Å². The molecule has 0 saturated heterocycles. The monoisotopic (exact) mass is 230 g/mol. The summed E-state index contributed by atoms with van der Waals surface area (Å²) in [6, 6.07) is 0. The highest BCUT2D eigenvalue weighted by molar-refractivity contribution is 4.77. The molecular formula is C12H30N4. The fraction of sp³-hybridized carbons (Fsp3) is 1.00. The molecule has 0 aliphatic heterocycles. The molecule has 0 bridgehead atoms. The highest BCUT2D eigenvalue weighted by Crippen LogP contribution is 2.10. The minimum Gasteiger partial charge on any atom is -0.330 e. The summed E-state index contributed by atoms with van der Waals surface area (Å²) in [5.41, 5.74) is 11.1. The van der Waals surface area contributed by atoms with Crippen molar-refractivity contribution in [2.45, 2.75) is 45.1 Å². The maximum absolute atomic E-state index is 5.47. The summed E-state index contributed by atoms with van der Waals surface area (Å²) >= 11 is 0. The molecule has 98 valence electrons. The maximum atomic E-state index is 5.47. The van der Waals surface area contributed by atoms with Crippen molar-refractivity contribution in [1.29, 1.82) is 0 Å². The summed E-state index contributed by atoms with van der Waals surface area (Å²) in [5.74, 6) is 0. The lowest BCUT2D eigenvalue weighted by Crippen LogP contribution is -2.40. The fourth-order valence-electron chi connectivity index (χ4n) is 1.62. The maximum Gasteiger partial charge on any atom is 0.0125 e. The standard InChI is InChI=1S/C12H30N4/c1-12(2,16-11-5-8-14)6-3-9-15-10-4-7-13/h15-16H,3-11,13-14H2,1-2H3. The third kappa shape index (κ3) is 10.4. The van der Waals surface area contributed by atoms with Crippen molar-refractivity contribution in [3.63, 3.8) is 0 Å². The predicted molar refractivity (Wildman–Crippen MR) is 71.5 cm³/mol. The molecule has 6 N–H and O–H groups in total. The molecule has 0 aromatic heterocycles. The molecule has 0 rings (SSSR count). The topological polar surface area (TPSA) is 76.1 Å². The Bertz CT molecular complexity index is 148. The molecule has 0 atom stereocenters. The summed E-state index contributed by atoms with van der Waals surface area (Å²) in [4.78, 5) is 0. The van der Waals surface area contributed by atoms with Crippen LogP contribution in [0.2, 0.25) is 0 Å². The van der Waals surface area contributed by atoms with Crippen molar-refractivity contribution in [2.75, 3.05) is 32.7 Å². The van der Waals surface area contributed by atoms with E-state index < -0.39 is 0 Å². The van der Waals surface area contributed by atoms with Crippen LogP contribution in [-0.2, 0) is 0 Å². The Hall–Kier alpha value is -0.160. The number of rotatable bonds is 11. The zero-order chi connectivity index (χ0) is 12.3. The zero-order valence-electron chi connectivity index (χ0n) is 11.0. The number of nitrogens with two attached hydrogens (primary N) is 2. The van der Waals surface area contributed by atoms with Crippen LogP contribution in [0.1, 0.15) is 39.5 Å². The molecule has 0 aliphatic carbocycles. The minimum atomic E-state index is 0.227. The first kappa shape index (κ1) is 15.8. The summed E-state index contributed by atoms with van der Waals surface area (Å²) < 4.78 is 0. The van der Waals surface area contributed by atoms with Crippen LogP contribution < -0.4 is 22.1 Å². The lowest BCUT2D eigenvalue weighted by molar-refractivity contribution is 0.349. The van der Waals surface area contributed by atoms with Crippen molar-refractivity contribution < 1.29 is 0 Å². The Morgan fingerprint density at radius 2 is 1.44 bits per heavy atom. The first-order chi connectivity index (χ1) is 7.62. The van der Waals surface area contributed by atoms with Crippen molar-refractivity contribution in [2.24, 2.45) is 11.5 Å². The van der Waals surface area contributed by atoms with Crippen molar-refractivity contribution >= 4 is 0 Å². The van der Waals surface area contributed by atoms with Crippen LogP contribution in [0, 0.1) is 0 Å². The van der Waals surface area contributed by atoms with Crippen LogP contribution in [0.15, 0.2) is 0 Å². The molecule has 0 aromatic rings. The van der Waals surface area contributed by atoms with Gasteiger partial charge < -0.3 is 22.1 Å². The highest BCUT2D eigenvalue weighted by atomic mass is 15.0. The normalized spacial score (nSPS) is 12.0. The molecule has 0 radical (unpaired) electrons. The van der Waals surface area contributed by atoms with Crippen LogP contribution in [-0.4, -0.2) is 38.3 Å². The molecule has 4 heteroatoms. The van der Waals surface area contributed by atoms with Gasteiger partial charge in [-0.3, -0.25) is 0 Å². The molecule has 0 heterocycles. The van der Waals surface area contributed by atoms with Gasteiger partial charge in [-0.2, -0.15) is 0 Å².